The molecule has 0 aliphatic rings. The quantitative estimate of drug-likeness (QED) is 0.327. The number of para-hydroxylation sites is 1. The zero-order valence-electron chi connectivity index (χ0n) is 19.1. The van der Waals surface area contributed by atoms with Gasteiger partial charge in [0.05, 0.1) is 0 Å². The van der Waals surface area contributed by atoms with E-state index >= 15 is 0 Å². The first kappa shape index (κ1) is 21.0. The Morgan fingerprint density at radius 3 is 2.48 bits per heavy atom. The van der Waals surface area contributed by atoms with Crippen LogP contribution in [0.5, 0.6) is 0 Å². The van der Waals surface area contributed by atoms with E-state index in [2.05, 4.69) is 87.9 Å². The highest BCUT2D eigenvalue weighted by Gasteiger charge is 2.13. The maximum absolute atomic E-state index is 12.8. The van der Waals surface area contributed by atoms with Gasteiger partial charge in [-0.3, -0.25) is 9.78 Å². The number of amides is 1. The first-order chi connectivity index (χ1) is 16.2. The molecule has 0 bridgehead atoms. The van der Waals surface area contributed by atoms with Gasteiger partial charge >= 0.3 is 0 Å². The average molecular weight is 437 g/mol. The third-order valence-corrected chi connectivity index (χ3v) is 6.33. The van der Waals surface area contributed by atoms with Crippen molar-refractivity contribution >= 4 is 33.4 Å². The Kier molecular flexibility index (Phi) is 5.69. The van der Waals surface area contributed by atoms with Crippen molar-refractivity contribution in [3.8, 4) is 11.3 Å². The van der Waals surface area contributed by atoms with E-state index in [0.29, 0.717) is 12.8 Å². The number of aromatic nitrogens is 3. The number of pyridine rings is 1. The van der Waals surface area contributed by atoms with Gasteiger partial charge in [0.1, 0.15) is 0 Å². The van der Waals surface area contributed by atoms with Crippen molar-refractivity contribution < 1.29 is 4.79 Å². The molecule has 5 aromatic rings. The molecule has 1 N–H and O–H groups in total. The first-order valence-electron chi connectivity index (χ1n) is 11.6. The van der Waals surface area contributed by atoms with Crippen molar-refractivity contribution in [2.75, 3.05) is 5.32 Å². The van der Waals surface area contributed by atoms with Gasteiger partial charge in [0.2, 0.25) is 5.91 Å². The number of carbonyl (C=O) groups is 1. The van der Waals surface area contributed by atoms with E-state index in [0.717, 1.165) is 35.7 Å². The molecule has 166 valence electrons. The van der Waals surface area contributed by atoms with Gasteiger partial charge in [-0.15, -0.1) is 0 Å². The number of benzene rings is 2. The molecule has 0 aliphatic heterocycles. The predicted octanol–water partition coefficient (Wildman–Crippen LogP) is 6.27. The second kappa shape index (κ2) is 8.94. The third-order valence-electron chi connectivity index (χ3n) is 6.33. The van der Waals surface area contributed by atoms with Crippen LogP contribution in [-0.2, 0) is 24.3 Å². The summed E-state index contributed by atoms with van der Waals surface area (Å²) in [6, 6.07) is 22.9. The lowest BCUT2D eigenvalue weighted by molar-refractivity contribution is -0.116. The summed E-state index contributed by atoms with van der Waals surface area (Å²) < 4.78 is 4.57. The summed E-state index contributed by atoms with van der Waals surface area (Å²) >= 11 is 0. The Balaban J connectivity index is 1.33. The average Bonchev–Trinajstić information content (AvgIpc) is 3.41. The Labute approximate surface area is 193 Å². The van der Waals surface area contributed by atoms with E-state index in [4.69, 9.17) is 0 Å². The second-order valence-corrected chi connectivity index (χ2v) is 8.24. The van der Waals surface area contributed by atoms with Gasteiger partial charge in [0.25, 0.3) is 0 Å². The molecule has 0 unspecified atom stereocenters. The molecule has 5 nitrogen and oxygen atoms in total. The number of anilines is 1. The zero-order valence-corrected chi connectivity index (χ0v) is 19.1. The molecule has 0 fully saturated rings. The van der Waals surface area contributed by atoms with Crippen LogP contribution in [0.3, 0.4) is 0 Å². The second-order valence-electron chi connectivity index (χ2n) is 8.24. The molecule has 3 aromatic heterocycles. The molecular weight excluding hydrogens is 408 g/mol. The topological polar surface area (TPSA) is 51.9 Å². The minimum Gasteiger partial charge on any atom is -0.345 e. The van der Waals surface area contributed by atoms with Crippen LogP contribution >= 0.6 is 0 Å². The molecule has 0 saturated carbocycles. The highest BCUT2D eigenvalue weighted by Crippen LogP contribution is 2.31. The Bertz CT molecular complexity index is 1430. The Morgan fingerprint density at radius 2 is 1.70 bits per heavy atom. The molecule has 3 heterocycles. The van der Waals surface area contributed by atoms with E-state index in [-0.39, 0.29) is 5.91 Å². The number of nitrogens with zero attached hydrogens (tertiary/aromatic N) is 3. The summed E-state index contributed by atoms with van der Waals surface area (Å²) in [7, 11) is 0. The summed E-state index contributed by atoms with van der Waals surface area (Å²) in [5.74, 6) is 0.0281. The molecule has 0 spiro atoms. The van der Waals surface area contributed by atoms with Crippen LogP contribution in [0.4, 0.5) is 5.69 Å². The van der Waals surface area contributed by atoms with Gasteiger partial charge in [0, 0.05) is 76.3 Å². The lowest BCUT2D eigenvalue weighted by atomic mass is 10.1. The molecule has 0 atom stereocenters. The van der Waals surface area contributed by atoms with Crippen LogP contribution < -0.4 is 5.32 Å². The van der Waals surface area contributed by atoms with Crippen molar-refractivity contribution in [3.63, 3.8) is 0 Å². The number of carbonyl (C=O) groups excluding carboxylic acids is 1. The fourth-order valence-corrected chi connectivity index (χ4v) is 4.81. The number of nitrogens with one attached hydrogen (secondary N) is 1. The van der Waals surface area contributed by atoms with Crippen LogP contribution in [0.2, 0.25) is 0 Å². The van der Waals surface area contributed by atoms with Gasteiger partial charge in [-0.05, 0) is 68.8 Å². The van der Waals surface area contributed by atoms with E-state index in [1.165, 1.54) is 21.8 Å². The van der Waals surface area contributed by atoms with Gasteiger partial charge in [0.15, 0.2) is 0 Å². The lowest BCUT2D eigenvalue weighted by Gasteiger charge is -2.11. The number of aryl methyl sites for hydroxylation is 2. The summed E-state index contributed by atoms with van der Waals surface area (Å²) in [6.07, 6.45) is 4.79. The predicted molar refractivity (Wildman–Crippen MR) is 135 cm³/mol. The molecule has 1 amide bonds. The van der Waals surface area contributed by atoms with Crippen molar-refractivity contribution in [3.05, 3.63) is 84.8 Å². The lowest BCUT2D eigenvalue weighted by Crippen LogP contribution is -2.13. The molecule has 0 radical (unpaired) electrons. The summed E-state index contributed by atoms with van der Waals surface area (Å²) in [4.78, 5) is 17.0. The number of fused-ring (bicyclic) bond motifs is 3. The van der Waals surface area contributed by atoms with Crippen LogP contribution in [0.1, 0.15) is 26.0 Å². The summed E-state index contributed by atoms with van der Waals surface area (Å²) in [5.41, 5.74) is 6.65. The smallest absolute Gasteiger partial charge is 0.224 e. The summed E-state index contributed by atoms with van der Waals surface area (Å²) in [5, 5.41) is 5.49. The molecular formula is C28H28N4O. The van der Waals surface area contributed by atoms with Crippen LogP contribution in [0.15, 0.2) is 79.1 Å². The third kappa shape index (κ3) is 3.91. The highest BCUT2D eigenvalue weighted by molar-refractivity contribution is 6.09. The highest BCUT2D eigenvalue weighted by atomic mass is 16.1. The number of hydrogen-bond acceptors (Lipinski definition) is 2. The van der Waals surface area contributed by atoms with E-state index in [1.807, 2.05) is 18.3 Å². The standard InChI is InChI=1S/C28H28N4O/c1-3-31-22(12-15-25(31)20-8-7-17-29-19-20)13-16-28(33)30-21-11-14-27-24(18-21)23-9-5-6-10-26(23)32(27)4-2/h5-12,14-15,17-19H,3-4,13,16H2,1-2H3,(H,30,33). The molecule has 0 saturated heterocycles. The molecule has 5 rings (SSSR count). The minimum atomic E-state index is 0.0281. The normalized spacial score (nSPS) is 11.3. The van der Waals surface area contributed by atoms with Gasteiger partial charge in [-0.1, -0.05) is 18.2 Å². The van der Waals surface area contributed by atoms with E-state index in [9.17, 15) is 4.79 Å². The van der Waals surface area contributed by atoms with Crippen molar-refractivity contribution in [2.45, 2.75) is 39.8 Å². The monoisotopic (exact) mass is 436 g/mol. The number of hydrogen-bond donors (Lipinski definition) is 1. The van der Waals surface area contributed by atoms with Crippen molar-refractivity contribution in [1.82, 2.24) is 14.1 Å². The Morgan fingerprint density at radius 1 is 0.879 bits per heavy atom. The maximum Gasteiger partial charge on any atom is 0.224 e. The van der Waals surface area contributed by atoms with E-state index in [1.54, 1.807) is 6.20 Å². The van der Waals surface area contributed by atoms with Crippen LogP contribution in [0.25, 0.3) is 33.1 Å². The zero-order chi connectivity index (χ0) is 22.8. The van der Waals surface area contributed by atoms with Gasteiger partial charge in [-0.2, -0.15) is 0 Å². The first-order valence-corrected chi connectivity index (χ1v) is 11.6. The molecule has 0 aliphatic carbocycles. The Hall–Kier alpha value is -3.86. The van der Waals surface area contributed by atoms with Crippen molar-refractivity contribution in [1.29, 1.82) is 0 Å². The van der Waals surface area contributed by atoms with Crippen LogP contribution in [-0.4, -0.2) is 20.0 Å². The fraction of sp³-hybridized carbons (Fsp3) is 0.214. The minimum absolute atomic E-state index is 0.0281. The molecule has 5 heteroatoms. The number of rotatable bonds is 7. The van der Waals surface area contributed by atoms with Gasteiger partial charge in [-0.25, -0.2) is 0 Å². The van der Waals surface area contributed by atoms with Gasteiger partial charge < -0.3 is 14.5 Å². The maximum atomic E-state index is 12.8. The molecule has 33 heavy (non-hydrogen) atoms. The molecule has 2 aromatic carbocycles. The summed E-state index contributed by atoms with van der Waals surface area (Å²) in [6.45, 7) is 6.05. The van der Waals surface area contributed by atoms with E-state index < -0.39 is 0 Å². The SMILES string of the molecule is CCn1c(CCC(=O)Nc2ccc3c(c2)c2ccccc2n3CC)ccc1-c1cccnc1. The largest absolute Gasteiger partial charge is 0.345 e. The fourth-order valence-electron chi connectivity index (χ4n) is 4.81. The van der Waals surface area contributed by atoms with Crippen molar-refractivity contribution in [2.24, 2.45) is 0 Å². The van der Waals surface area contributed by atoms with Crippen LogP contribution in [0, 0.1) is 0 Å².